The van der Waals surface area contributed by atoms with E-state index >= 15 is 0 Å². The lowest BCUT2D eigenvalue weighted by Gasteiger charge is -2.26. The second kappa shape index (κ2) is 8.70. The van der Waals surface area contributed by atoms with E-state index in [9.17, 15) is 18.4 Å². The van der Waals surface area contributed by atoms with E-state index in [4.69, 9.17) is 19.3 Å². The molecule has 30 heavy (non-hydrogen) atoms. The average molecular weight is 427 g/mol. The summed E-state index contributed by atoms with van der Waals surface area (Å²) in [6, 6.07) is 2.03. The molecule has 1 N–H and O–H groups in total. The van der Waals surface area contributed by atoms with Crippen LogP contribution in [0.1, 0.15) is 19.3 Å². The molecule has 0 radical (unpaired) electrons. The zero-order valence-corrected chi connectivity index (χ0v) is 16.3. The van der Waals surface area contributed by atoms with E-state index in [1.54, 1.807) is 0 Å². The number of carbonyl (C=O) groups is 2. The molecule has 3 heterocycles. The Morgan fingerprint density at radius 2 is 1.97 bits per heavy atom. The predicted octanol–water partition coefficient (Wildman–Crippen LogP) is 1.39. The molecule has 11 heteroatoms. The molecule has 3 saturated heterocycles. The van der Waals surface area contributed by atoms with E-state index in [2.05, 4.69) is 0 Å². The Balaban J connectivity index is 1.43. The van der Waals surface area contributed by atoms with Crippen molar-refractivity contribution in [2.24, 2.45) is 0 Å². The fraction of sp³-hybridized carbons (Fsp3) is 0.579. The molecule has 2 atom stereocenters. The Kier molecular flexibility index (Phi) is 6.02. The first-order chi connectivity index (χ1) is 14.5. The van der Waals surface area contributed by atoms with Crippen LogP contribution in [0.5, 0.6) is 0 Å². The van der Waals surface area contributed by atoms with E-state index in [-0.39, 0.29) is 56.7 Å². The van der Waals surface area contributed by atoms with Gasteiger partial charge >= 0.3 is 6.09 Å². The fourth-order valence-corrected chi connectivity index (χ4v) is 3.71. The van der Waals surface area contributed by atoms with Gasteiger partial charge in [0.05, 0.1) is 32.1 Å². The zero-order chi connectivity index (χ0) is 21.3. The highest BCUT2D eigenvalue weighted by Crippen LogP contribution is 2.32. The standard InChI is InChI=1S/C19H23F2N3O6/c20-14-5-12(24-7-13(9-25)30-19(24)27)6-15(21)18(14)22-8-16(26)23(10-22)11-29-17-3-1-2-4-28-17/h5-6,13,17,25H,1-4,7-11H2. The summed E-state index contributed by atoms with van der Waals surface area (Å²) in [6.45, 7) is -0.0345. The van der Waals surface area contributed by atoms with Gasteiger partial charge in [0.15, 0.2) is 17.9 Å². The summed E-state index contributed by atoms with van der Waals surface area (Å²) in [6.07, 6.45) is 0.785. The third-order valence-electron chi connectivity index (χ3n) is 5.28. The normalized spacial score (nSPS) is 24.7. The zero-order valence-electron chi connectivity index (χ0n) is 16.3. The van der Waals surface area contributed by atoms with Crippen molar-refractivity contribution in [3.8, 4) is 0 Å². The summed E-state index contributed by atoms with van der Waals surface area (Å²) in [7, 11) is 0. The molecule has 3 aliphatic heterocycles. The Bertz CT molecular complexity index is 796. The lowest BCUT2D eigenvalue weighted by atomic mass is 10.2. The van der Waals surface area contributed by atoms with Crippen LogP contribution in [0.15, 0.2) is 12.1 Å². The Labute approximate surface area is 171 Å². The van der Waals surface area contributed by atoms with Gasteiger partial charge in [0.2, 0.25) is 5.91 Å². The summed E-state index contributed by atoms with van der Waals surface area (Å²) in [5.41, 5.74) is -0.371. The second-order valence-electron chi connectivity index (χ2n) is 7.42. The van der Waals surface area contributed by atoms with Gasteiger partial charge in [-0.05, 0) is 19.3 Å². The topological polar surface area (TPSA) is 91.8 Å². The molecule has 9 nitrogen and oxygen atoms in total. The Morgan fingerprint density at radius 1 is 1.20 bits per heavy atom. The van der Waals surface area contributed by atoms with Gasteiger partial charge in [0.25, 0.3) is 0 Å². The van der Waals surface area contributed by atoms with Gasteiger partial charge in [-0.15, -0.1) is 0 Å². The summed E-state index contributed by atoms with van der Waals surface area (Å²) in [5, 5.41) is 9.11. The Morgan fingerprint density at radius 3 is 2.60 bits per heavy atom. The monoisotopic (exact) mass is 427 g/mol. The minimum Gasteiger partial charge on any atom is -0.441 e. The van der Waals surface area contributed by atoms with Gasteiger partial charge in [-0.1, -0.05) is 0 Å². The van der Waals surface area contributed by atoms with Crippen molar-refractivity contribution in [2.45, 2.75) is 31.7 Å². The molecule has 1 aromatic rings. The van der Waals surface area contributed by atoms with Crippen LogP contribution >= 0.6 is 0 Å². The maximum atomic E-state index is 14.8. The number of benzene rings is 1. The number of anilines is 2. The van der Waals surface area contributed by atoms with Crippen molar-refractivity contribution in [3.63, 3.8) is 0 Å². The number of nitrogens with zero attached hydrogens (tertiary/aromatic N) is 3. The summed E-state index contributed by atoms with van der Waals surface area (Å²) >= 11 is 0. The third kappa shape index (κ3) is 4.18. The van der Waals surface area contributed by atoms with Crippen LogP contribution in [0.4, 0.5) is 25.0 Å². The van der Waals surface area contributed by atoms with Gasteiger partial charge in [-0.3, -0.25) is 14.6 Å². The number of hydrogen-bond donors (Lipinski definition) is 1. The van der Waals surface area contributed by atoms with E-state index in [1.165, 1.54) is 9.80 Å². The summed E-state index contributed by atoms with van der Waals surface area (Å²) in [5.74, 6) is -2.13. The van der Waals surface area contributed by atoms with Crippen molar-refractivity contribution in [2.75, 3.05) is 49.5 Å². The Hall–Kier alpha value is -2.50. The van der Waals surface area contributed by atoms with Crippen LogP contribution in [0.25, 0.3) is 0 Å². The molecule has 2 amide bonds. The first-order valence-corrected chi connectivity index (χ1v) is 9.80. The number of cyclic esters (lactones) is 1. The van der Waals surface area contributed by atoms with Crippen LogP contribution in [0, 0.1) is 11.6 Å². The lowest BCUT2D eigenvalue weighted by Crippen LogP contribution is -2.34. The number of aliphatic hydroxyl groups is 1. The van der Waals surface area contributed by atoms with Gasteiger partial charge in [0, 0.05) is 18.7 Å². The fourth-order valence-electron chi connectivity index (χ4n) is 3.71. The molecular formula is C19H23F2N3O6. The number of amides is 2. The largest absolute Gasteiger partial charge is 0.441 e. The molecule has 0 saturated carbocycles. The molecule has 0 aromatic heterocycles. The summed E-state index contributed by atoms with van der Waals surface area (Å²) < 4.78 is 45.5. The SMILES string of the molecule is O=C1CN(c2c(F)cc(N3CC(CO)OC3=O)cc2F)CN1COC1CCCCO1. The van der Waals surface area contributed by atoms with Crippen LogP contribution in [0.2, 0.25) is 0 Å². The van der Waals surface area contributed by atoms with Crippen LogP contribution in [0.3, 0.4) is 0 Å². The van der Waals surface area contributed by atoms with Crippen molar-refractivity contribution in [1.82, 2.24) is 4.90 Å². The molecule has 1 aromatic carbocycles. The highest BCUT2D eigenvalue weighted by atomic mass is 19.1. The minimum atomic E-state index is -0.906. The van der Waals surface area contributed by atoms with Crippen LogP contribution in [-0.4, -0.2) is 74.1 Å². The van der Waals surface area contributed by atoms with Gasteiger partial charge in [-0.25, -0.2) is 13.6 Å². The number of carbonyl (C=O) groups excluding carboxylic acids is 2. The molecule has 0 spiro atoms. The van der Waals surface area contributed by atoms with E-state index in [0.717, 1.165) is 36.3 Å². The van der Waals surface area contributed by atoms with Crippen molar-refractivity contribution in [3.05, 3.63) is 23.8 Å². The van der Waals surface area contributed by atoms with Gasteiger partial charge in [-0.2, -0.15) is 0 Å². The molecule has 0 bridgehead atoms. The second-order valence-corrected chi connectivity index (χ2v) is 7.42. The molecule has 2 unspecified atom stereocenters. The molecule has 3 fully saturated rings. The number of hydrogen-bond acceptors (Lipinski definition) is 7. The quantitative estimate of drug-likeness (QED) is 0.734. The molecule has 3 aliphatic rings. The maximum absolute atomic E-state index is 14.8. The molecule has 164 valence electrons. The minimum absolute atomic E-state index is 0.00981. The van der Waals surface area contributed by atoms with Crippen molar-refractivity contribution >= 4 is 23.4 Å². The summed E-state index contributed by atoms with van der Waals surface area (Å²) in [4.78, 5) is 27.8. The van der Waals surface area contributed by atoms with E-state index in [1.807, 2.05) is 0 Å². The number of rotatable bonds is 6. The average Bonchev–Trinajstić information content (AvgIpc) is 3.28. The smallest absolute Gasteiger partial charge is 0.414 e. The maximum Gasteiger partial charge on any atom is 0.414 e. The predicted molar refractivity (Wildman–Crippen MR) is 99.7 cm³/mol. The molecule has 0 aliphatic carbocycles. The first kappa shape index (κ1) is 20.8. The third-order valence-corrected chi connectivity index (χ3v) is 5.28. The molecular weight excluding hydrogens is 404 g/mol. The van der Waals surface area contributed by atoms with Crippen molar-refractivity contribution < 1.29 is 37.7 Å². The van der Waals surface area contributed by atoms with Gasteiger partial charge < -0.3 is 24.2 Å². The highest BCUT2D eigenvalue weighted by Gasteiger charge is 2.35. The molecule has 4 rings (SSSR count). The first-order valence-electron chi connectivity index (χ1n) is 9.80. The van der Waals surface area contributed by atoms with E-state index in [0.29, 0.717) is 6.61 Å². The van der Waals surface area contributed by atoms with E-state index < -0.39 is 23.8 Å². The number of halogens is 2. The number of ether oxygens (including phenoxy) is 3. The van der Waals surface area contributed by atoms with Crippen LogP contribution in [-0.2, 0) is 19.0 Å². The van der Waals surface area contributed by atoms with Gasteiger partial charge in [0.1, 0.15) is 18.5 Å². The number of aliphatic hydroxyl groups excluding tert-OH is 1. The van der Waals surface area contributed by atoms with Crippen LogP contribution < -0.4 is 9.80 Å². The van der Waals surface area contributed by atoms with Crippen molar-refractivity contribution in [1.29, 1.82) is 0 Å². The highest BCUT2D eigenvalue weighted by molar-refractivity contribution is 5.90. The lowest BCUT2D eigenvalue weighted by molar-refractivity contribution is -0.184.